The predicted molar refractivity (Wildman–Crippen MR) is 89.9 cm³/mol. The van der Waals surface area contributed by atoms with Gasteiger partial charge in [-0.3, -0.25) is 9.88 Å². The number of piperazine rings is 1. The summed E-state index contributed by atoms with van der Waals surface area (Å²) in [6.45, 7) is 4.08. The van der Waals surface area contributed by atoms with Gasteiger partial charge in [0, 0.05) is 50.0 Å². The third-order valence-electron chi connectivity index (χ3n) is 4.25. The minimum atomic E-state index is -0.743. The molecule has 2 heterocycles. The highest BCUT2D eigenvalue weighted by molar-refractivity contribution is 5.95. The average molecular weight is 332 g/mol. The van der Waals surface area contributed by atoms with Crippen molar-refractivity contribution in [2.24, 2.45) is 0 Å². The molecule has 8 heteroatoms. The molecule has 24 heavy (non-hydrogen) atoms. The lowest BCUT2D eigenvalue weighted by Crippen LogP contribution is -2.47. The maximum Gasteiger partial charge on any atom is 0.294 e. The van der Waals surface area contributed by atoms with E-state index < -0.39 is 5.09 Å². The SMILES string of the molecule is COc1cccc2c(N3CCN(CCO[N+](=O)[O-])CC3)ccnc12. The van der Waals surface area contributed by atoms with Crippen LogP contribution in [-0.2, 0) is 4.84 Å². The van der Waals surface area contributed by atoms with Crippen molar-refractivity contribution < 1.29 is 14.7 Å². The van der Waals surface area contributed by atoms with Crippen LogP contribution in [0.25, 0.3) is 10.9 Å². The highest BCUT2D eigenvalue weighted by Gasteiger charge is 2.19. The first-order valence-corrected chi connectivity index (χ1v) is 7.85. The molecular formula is C16H20N4O4. The largest absolute Gasteiger partial charge is 0.494 e. The van der Waals surface area contributed by atoms with Crippen molar-refractivity contribution in [2.75, 3.05) is 51.3 Å². The van der Waals surface area contributed by atoms with Crippen molar-refractivity contribution >= 4 is 16.6 Å². The molecule has 8 nitrogen and oxygen atoms in total. The average Bonchev–Trinajstić information content (AvgIpc) is 2.61. The maximum absolute atomic E-state index is 10.2. The molecule has 0 N–H and O–H groups in total. The number of para-hydroxylation sites is 1. The fraction of sp³-hybridized carbons (Fsp3) is 0.438. The Balaban J connectivity index is 1.68. The molecule has 0 atom stereocenters. The van der Waals surface area contributed by atoms with Gasteiger partial charge < -0.3 is 14.5 Å². The Morgan fingerprint density at radius 2 is 2.04 bits per heavy atom. The van der Waals surface area contributed by atoms with Crippen LogP contribution < -0.4 is 9.64 Å². The number of hydrogen-bond acceptors (Lipinski definition) is 7. The van der Waals surface area contributed by atoms with E-state index in [1.165, 1.54) is 0 Å². The monoisotopic (exact) mass is 332 g/mol. The summed E-state index contributed by atoms with van der Waals surface area (Å²) in [5.74, 6) is 0.768. The van der Waals surface area contributed by atoms with Gasteiger partial charge >= 0.3 is 0 Å². The van der Waals surface area contributed by atoms with E-state index in [1.54, 1.807) is 13.3 Å². The van der Waals surface area contributed by atoms with Crippen LogP contribution in [0.1, 0.15) is 0 Å². The molecule has 1 aliphatic heterocycles. The molecule has 1 saturated heterocycles. The molecule has 2 aromatic rings. The number of fused-ring (bicyclic) bond motifs is 1. The van der Waals surface area contributed by atoms with Crippen LogP contribution in [0.4, 0.5) is 5.69 Å². The fourth-order valence-corrected chi connectivity index (χ4v) is 3.03. The lowest BCUT2D eigenvalue weighted by molar-refractivity contribution is -0.757. The lowest BCUT2D eigenvalue weighted by atomic mass is 10.1. The Kier molecular flexibility index (Phi) is 4.95. The minimum Gasteiger partial charge on any atom is -0.494 e. The normalized spacial score (nSPS) is 15.5. The zero-order chi connectivity index (χ0) is 16.9. The maximum atomic E-state index is 10.2. The van der Waals surface area contributed by atoms with Crippen LogP contribution in [-0.4, -0.2) is 61.4 Å². The Hall–Kier alpha value is -2.61. The molecular weight excluding hydrogens is 312 g/mol. The van der Waals surface area contributed by atoms with Gasteiger partial charge in [-0.2, -0.15) is 0 Å². The van der Waals surface area contributed by atoms with Crippen LogP contribution in [0.2, 0.25) is 0 Å². The minimum absolute atomic E-state index is 0.113. The van der Waals surface area contributed by atoms with Gasteiger partial charge in [0.25, 0.3) is 5.09 Å². The first kappa shape index (κ1) is 16.3. The van der Waals surface area contributed by atoms with Crippen molar-refractivity contribution in [3.8, 4) is 5.75 Å². The highest BCUT2D eigenvalue weighted by Crippen LogP contribution is 2.31. The second-order valence-electron chi connectivity index (χ2n) is 5.57. The summed E-state index contributed by atoms with van der Waals surface area (Å²) < 4.78 is 5.39. The van der Waals surface area contributed by atoms with Gasteiger partial charge in [-0.05, 0) is 12.1 Å². The summed E-state index contributed by atoms with van der Waals surface area (Å²) in [4.78, 5) is 23.5. The second kappa shape index (κ2) is 7.31. The van der Waals surface area contributed by atoms with Crippen LogP contribution in [0.5, 0.6) is 5.75 Å². The molecule has 1 aromatic heterocycles. The number of methoxy groups -OCH3 is 1. The number of hydrogen-bond donors (Lipinski definition) is 0. The molecule has 0 radical (unpaired) electrons. The van der Waals surface area contributed by atoms with Crippen molar-refractivity contribution in [3.63, 3.8) is 0 Å². The number of ether oxygens (including phenoxy) is 1. The number of nitrogens with zero attached hydrogens (tertiary/aromatic N) is 4. The zero-order valence-electron chi connectivity index (χ0n) is 13.6. The Morgan fingerprint density at radius 1 is 1.25 bits per heavy atom. The molecule has 1 fully saturated rings. The number of pyridine rings is 1. The summed E-state index contributed by atoms with van der Waals surface area (Å²) in [6.07, 6.45) is 1.80. The molecule has 0 unspecified atom stereocenters. The summed E-state index contributed by atoms with van der Waals surface area (Å²) in [6, 6.07) is 7.95. The molecule has 128 valence electrons. The van der Waals surface area contributed by atoms with Crippen LogP contribution >= 0.6 is 0 Å². The molecule has 0 aliphatic carbocycles. The summed E-state index contributed by atoms with van der Waals surface area (Å²) in [7, 11) is 1.65. The smallest absolute Gasteiger partial charge is 0.294 e. The van der Waals surface area contributed by atoms with E-state index in [0.717, 1.165) is 48.5 Å². The Labute approximate surface area is 139 Å². The van der Waals surface area contributed by atoms with Gasteiger partial charge in [0.15, 0.2) is 0 Å². The second-order valence-corrected chi connectivity index (χ2v) is 5.57. The predicted octanol–water partition coefficient (Wildman–Crippen LogP) is 1.57. The zero-order valence-corrected chi connectivity index (χ0v) is 13.6. The number of anilines is 1. The van der Waals surface area contributed by atoms with Crippen molar-refractivity contribution in [1.82, 2.24) is 9.88 Å². The van der Waals surface area contributed by atoms with E-state index in [-0.39, 0.29) is 6.61 Å². The molecule has 0 bridgehead atoms. The van der Waals surface area contributed by atoms with Gasteiger partial charge in [-0.15, -0.1) is 10.1 Å². The molecule has 0 spiro atoms. The van der Waals surface area contributed by atoms with E-state index in [1.807, 2.05) is 18.2 Å². The van der Waals surface area contributed by atoms with Gasteiger partial charge in [-0.1, -0.05) is 12.1 Å². The van der Waals surface area contributed by atoms with Crippen LogP contribution in [0.3, 0.4) is 0 Å². The quantitative estimate of drug-likeness (QED) is 0.587. The van der Waals surface area contributed by atoms with E-state index >= 15 is 0 Å². The van der Waals surface area contributed by atoms with Crippen molar-refractivity contribution in [3.05, 3.63) is 40.6 Å². The number of aromatic nitrogens is 1. The van der Waals surface area contributed by atoms with Gasteiger partial charge in [0.1, 0.15) is 17.9 Å². The number of rotatable bonds is 6. The van der Waals surface area contributed by atoms with Crippen molar-refractivity contribution in [2.45, 2.75) is 0 Å². The number of benzene rings is 1. The molecule has 0 amide bonds. The third-order valence-corrected chi connectivity index (χ3v) is 4.25. The first-order chi connectivity index (χ1) is 11.7. The summed E-state index contributed by atoms with van der Waals surface area (Å²) in [5.41, 5.74) is 2.00. The topological polar surface area (TPSA) is 81.0 Å². The van der Waals surface area contributed by atoms with Gasteiger partial charge in [-0.25, -0.2) is 0 Å². The lowest BCUT2D eigenvalue weighted by Gasteiger charge is -2.36. The third kappa shape index (κ3) is 3.48. The summed E-state index contributed by atoms with van der Waals surface area (Å²) in [5, 5.41) is 10.5. The molecule has 1 aliphatic rings. The molecule has 3 rings (SSSR count). The Bertz CT molecular complexity index is 716. The molecule has 0 saturated carbocycles. The van der Waals surface area contributed by atoms with E-state index in [9.17, 15) is 10.1 Å². The van der Waals surface area contributed by atoms with Crippen LogP contribution in [0, 0.1) is 10.1 Å². The summed E-state index contributed by atoms with van der Waals surface area (Å²) >= 11 is 0. The molecule has 1 aromatic carbocycles. The fourth-order valence-electron chi connectivity index (χ4n) is 3.03. The van der Waals surface area contributed by atoms with E-state index in [0.29, 0.717) is 6.54 Å². The van der Waals surface area contributed by atoms with Gasteiger partial charge in [0.05, 0.1) is 7.11 Å². The van der Waals surface area contributed by atoms with Crippen LogP contribution in [0.15, 0.2) is 30.5 Å². The van der Waals surface area contributed by atoms with Crippen molar-refractivity contribution in [1.29, 1.82) is 0 Å². The Morgan fingerprint density at radius 3 is 2.75 bits per heavy atom. The van der Waals surface area contributed by atoms with Gasteiger partial charge in [0.2, 0.25) is 0 Å². The van der Waals surface area contributed by atoms with E-state index in [2.05, 4.69) is 25.7 Å². The van der Waals surface area contributed by atoms with E-state index in [4.69, 9.17) is 4.74 Å². The highest BCUT2D eigenvalue weighted by atomic mass is 16.9. The standard InChI is InChI=1S/C16H20N4O4/c1-23-15-4-2-3-13-14(5-6-17-16(13)15)19-9-7-18(8-10-19)11-12-24-20(21)22/h2-6H,7-12H2,1H3. The first-order valence-electron chi connectivity index (χ1n) is 7.85.